The normalized spacial score (nSPS) is 15.3. The lowest BCUT2D eigenvalue weighted by atomic mass is 9.99. The van der Waals surface area contributed by atoms with E-state index < -0.39 is 17.5 Å². The summed E-state index contributed by atoms with van der Waals surface area (Å²) in [5.41, 5.74) is 4.94. The Kier molecular flexibility index (Phi) is 6.55. The van der Waals surface area contributed by atoms with Crippen molar-refractivity contribution in [1.29, 1.82) is 0 Å². The van der Waals surface area contributed by atoms with Crippen molar-refractivity contribution in [3.05, 3.63) is 40.7 Å². The second-order valence-electron chi connectivity index (χ2n) is 6.70. The molecule has 0 saturated heterocycles. The second-order valence-corrected chi connectivity index (χ2v) is 7.88. The van der Waals surface area contributed by atoms with Gasteiger partial charge in [-0.2, -0.15) is 13.2 Å². The van der Waals surface area contributed by atoms with E-state index in [1.807, 2.05) is 0 Å². The summed E-state index contributed by atoms with van der Waals surface area (Å²) in [5.74, 6) is 0.0695. The molecule has 0 saturated carbocycles. The molecule has 6 nitrogen and oxygen atoms in total. The molecular formula is C19H18ClF3N3O3P. The van der Waals surface area contributed by atoms with Crippen LogP contribution in [0.5, 0.6) is 5.75 Å². The fourth-order valence-corrected chi connectivity index (χ4v) is 3.75. The zero-order valence-corrected chi connectivity index (χ0v) is 17.9. The maximum atomic E-state index is 13.8. The first-order valence-corrected chi connectivity index (χ1v) is 10.00. The Morgan fingerprint density at radius 2 is 2.10 bits per heavy atom. The zero-order valence-electron chi connectivity index (χ0n) is 16.2. The number of benzene rings is 1. The molecule has 1 aliphatic heterocycles. The molecule has 0 unspecified atom stereocenters. The highest BCUT2D eigenvalue weighted by atomic mass is 35.5. The molecule has 1 aromatic heterocycles. The summed E-state index contributed by atoms with van der Waals surface area (Å²) in [6, 6.07) is 4.96. The lowest BCUT2D eigenvalue weighted by Gasteiger charge is -2.14. The third kappa shape index (κ3) is 4.24. The quantitative estimate of drug-likeness (QED) is 0.482. The minimum absolute atomic E-state index is 0.0423. The van der Waals surface area contributed by atoms with Crippen molar-refractivity contribution < 1.29 is 27.0 Å². The van der Waals surface area contributed by atoms with Crippen LogP contribution in [0.2, 0.25) is 5.02 Å². The van der Waals surface area contributed by atoms with E-state index in [1.165, 1.54) is 7.11 Å². The first-order valence-electron chi connectivity index (χ1n) is 8.81. The van der Waals surface area contributed by atoms with E-state index in [2.05, 4.69) is 10.1 Å². The van der Waals surface area contributed by atoms with Crippen LogP contribution in [0.4, 0.5) is 13.2 Å². The van der Waals surface area contributed by atoms with Gasteiger partial charge in [0.25, 0.3) is 0 Å². The van der Waals surface area contributed by atoms with Crippen LogP contribution in [0, 0.1) is 5.92 Å². The van der Waals surface area contributed by atoms with Gasteiger partial charge in [-0.3, -0.25) is 4.99 Å². The number of alkyl halides is 3. The molecule has 0 spiro atoms. The van der Waals surface area contributed by atoms with Crippen molar-refractivity contribution >= 4 is 36.8 Å². The van der Waals surface area contributed by atoms with Crippen LogP contribution in [-0.2, 0) is 4.74 Å². The van der Waals surface area contributed by atoms with E-state index >= 15 is 0 Å². The second kappa shape index (κ2) is 8.79. The number of ether oxygens (including phenoxy) is 1. The Morgan fingerprint density at radius 1 is 1.37 bits per heavy atom. The summed E-state index contributed by atoms with van der Waals surface area (Å²) in [4.78, 5) is 3.75. The van der Waals surface area contributed by atoms with Crippen LogP contribution in [0.25, 0.3) is 16.8 Å². The topological polar surface area (TPSA) is 82.9 Å². The lowest BCUT2D eigenvalue weighted by Crippen LogP contribution is -2.26. The molecule has 2 heterocycles. The van der Waals surface area contributed by atoms with E-state index in [9.17, 15) is 13.2 Å². The van der Waals surface area contributed by atoms with Gasteiger partial charge in [0.15, 0.2) is 25.4 Å². The van der Waals surface area contributed by atoms with Gasteiger partial charge in [0.05, 0.1) is 21.7 Å². The van der Waals surface area contributed by atoms with Gasteiger partial charge >= 0.3 is 6.18 Å². The van der Waals surface area contributed by atoms with E-state index in [0.717, 1.165) is 6.20 Å². The summed E-state index contributed by atoms with van der Waals surface area (Å²) in [6.07, 6.45) is -3.96. The van der Waals surface area contributed by atoms with Crippen molar-refractivity contribution in [2.75, 3.05) is 13.7 Å². The number of nitrogens with zero attached hydrogens (tertiary/aromatic N) is 2. The first kappa shape index (κ1) is 22.3. The van der Waals surface area contributed by atoms with Gasteiger partial charge in [0, 0.05) is 19.9 Å². The molecule has 0 bridgehead atoms. The van der Waals surface area contributed by atoms with Gasteiger partial charge < -0.3 is 19.5 Å². The number of halogens is 4. The van der Waals surface area contributed by atoms with Gasteiger partial charge in [-0.05, 0) is 18.1 Å². The van der Waals surface area contributed by atoms with E-state index in [1.54, 1.807) is 32.0 Å². The molecule has 2 N–H and O–H groups in total. The minimum atomic E-state index is -4.76. The maximum Gasteiger partial charge on any atom is 0.433 e. The Labute approximate surface area is 177 Å². The molecule has 0 atom stereocenters. The van der Waals surface area contributed by atoms with E-state index in [0.29, 0.717) is 16.3 Å². The molecule has 3 rings (SSSR count). The van der Waals surface area contributed by atoms with Crippen LogP contribution in [0.15, 0.2) is 33.9 Å². The van der Waals surface area contributed by atoms with E-state index in [4.69, 9.17) is 31.1 Å². The predicted molar refractivity (Wildman–Crippen MR) is 111 cm³/mol. The Balaban J connectivity index is 2.26. The van der Waals surface area contributed by atoms with Crippen molar-refractivity contribution in [3.63, 3.8) is 0 Å². The van der Waals surface area contributed by atoms with Crippen molar-refractivity contribution in [2.45, 2.75) is 20.0 Å². The standard InChI is InChI=1S/C19H18ClF3N3O3P/c1-9(2)8-25-17(19(21,22)23)10(7-24)16-14-15(26-28-16)13-11(20)5-4-6-12(13)29-30-18(14)27-3/h4-7,9H,8,24H2,1-3H3. The molecule has 0 fully saturated rings. The molecule has 30 heavy (non-hydrogen) atoms. The Morgan fingerprint density at radius 3 is 2.70 bits per heavy atom. The molecule has 1 aromatic carbocycles. The summed E-state index contributed by atoms with van der Waals surface area (Å²) >= 11 is 6.32. The Hall–Kier alpha value is -2.35. The van der Waals surface area contributed by atoms with Gasteiger partial charge in [-0.15, -0.1) is 0 Å². The minimum Gasteiger partial charge on any atom is -0.436 e. The highest BCUT2D eigenvalue weighted by Crippen LogP contribution is 2.44. The van der Waals surface area contributed by atoms with Crippen LogP contribution in [-0.4, -0.2) is 36.2 Å². The summed E-state index contributed by atoms with van der Waals surface area (Å²) in [7, 11) is 1.60. The predicted octanol–water partition coefficient (Wildman–Crippen LogP) is 5.33. The molecule has 2 aromatic rings. The number of rotatable bonds is 5. The third-order valence-electron chi connectivity index (χ3n) is 4.09. The number of nitrogens with two attached hydrogens (primary N) is 1. The number of methoxy groups -OCH3 is 1. The monoisotopic (exact) mass is 459 g/mol. The molecule has 0 amide bonds. The van der Waals surface area contributed by atoms with Gasteiger partial charge in [-0.1, -0.05) is 36.7 Å². The van der Waals surface area contributed by atoms with Gasteiger partial charge in [0.1, 0.15) is 11.4 Å². The largest absolute Gasteiger partial charge is 0.436 e. The summed E-state index contributed by atoms with van der Waals surface area (Å²) in [5, 5.41) is 4.28. The van der Waals surface area contributed by atoms with E-state index in [-0.39, 0.29) is 43.4 Å². The summed E-state index contributed by atoms with van der Waals surface area (Å²) in [6.45, 7) is 3.48. The Bertz CT molecular complexity index is 1050. The average Bonchev–Trinajstić information content (AvgIpc) is 3.01. The maximum absolute atomic E-state index is 13.8. The van der Waals surface area contributed by atoms with Crippen LogP contribution >= 0.6 is 20.0 Å². The molecule has 1 aliphatic rings. The molecular weight excluding hydrogens is 442 g/mol. The van der Waals surface area contributed by atoms with Crippen molar-refractivity contribution in [2.24, 2.45) is 16.6 Å². The van der Waals surface area contributed by atoms with Crippen LogP contribution < -0.4 is 10.3 Å². The lowest BCUT2D eigenvalue weighted by molar-refractivity contribution is -0.0574. The number of aromatic nitrogens is 1. The fourth-order valence-electron chi connectivity index (χ4n) is 2.79. The highest BCUT2D eigenvalue weighted by Gasteiger charge is 2.42. The van der Waals surface area contributed by atoms with Crippen molar-refractivity contribution in [1.82, 2.24) is 5.16 Å². The first-order chi connectivity index (χ1) is 14.2. The molecule has 0 radical (unpaired) electrons. The number of aliphatic imine (C=N–C) groups is 1. The number of hydrogen-bond donors (Lipinski definition) is 1. The van der Waals surface area contributed by atoms with Gasteiger partial charge in [-0.25, -0.2) is 0 Å². The zero-order chi connectivity index (χ0) is 22.1. The summed E-state index contributed by atoms with van der Waals surface area (Å²) < 4.78 is 57.9. The number of allylic oxidation sites excluding steroid dienone is 1. The van der Waals surface area contributed by atoms with Gasteiger partial charge in [0.2, 0.25) is 0 Å². The number of fused-ring (bicyclic) bond motifs is 3. The fraction of sp³-hybridized carbons (Fsp3) is 0.316. The average molecular weight is 460 g/mol. The molecule has 160 valence electrons. The molecule has 11 heteroatoms. The SMILES string of the molecule is COC1=POc2cccc(Cl)c2-c2noc(C(=CN)C(=NCC(C)C)C(F)(F)F)c21. The third-order valence-corrected chi connectivity index (χ3v) is 5.26. The smallest absolute Gasteiger partial charge is 0.433 e. The number of hydrogen-bond acceptors (Lipinski definition) is 6. The van der Waals surface area contributed by atoms with Crippen molar-refractivity contribution in [3.8, 4) is 17.0 Å². The highest BCUT2D eigenvalue weighted by molar-refractivity contribution is 7.36. The molecule has 0 aliphatic carbocycles. The van der Waals surface area contributed by atoms with Crippen LogP contribution in [0.1, 0.15) is 25.2 Å². The van der Waals surface area contributed by atoms with Crippen LogP contribution in [0.3, 0.4) is 0 Å².